The van der Waals surface area contributed by atoms with Crippen LogP contribution in [0.2, 0.25) is 0 Å². The molecule has 0 spiro atoms. The average molecular weight is 368 g/mol. The van der Waals surface area contributed by atoms with Crippen molar-refractivity contribution in [3.63, 3.8) is 0 Å². The molecule has 0 heterocycles. The van der Waals surface area contributed by atoms with Crippen molar-refractivity contribution in [1.82, 2.24) is 0 Å². The first-order valence-electron chi connectivity index (χ1n) is 6.33. The highest BCUT2D eigenvalue weighted by atomic mass is 79.9. The minimum Gasteiger partial charge on any atom is -0.496 e. The Labute approximate surface area is 135 Å². The number of halogens is 1. The predicted molar refractivity (Wildman–Crippen MR) is 84.7 cm³/mol. The van der Waals surface area contributed by atoms with E-state index in [1.807, 2.05) is 0 Å². The van der Waals surface area contributed by atoms with Crippen molar-refractivity contribution in [3.8, 4) is 17.2 Å². The van der Waals surface area contributed by atoms with Crippen molar-refractivity contribution in [1.29, 1.82) is 0 Å². The van der Waals surface area contributed by atoms with Gasteiger partial charge in [-0.05, 0) is 34.1 Å². The van der Waals surface area contributed by atoms with Crippen LogP contribution < -0.4 is 14.2 Å². The smallest absolute Gasteiger partial charge is 0.310 e. The molecule has 0 fully saturated rings. The van der Waals surface area contributed by atoms with E-state index in [9.17, 15) is 10.1 Å². The Morgan fingerprint density at radius 3 is 2.41 bits per heavy atom. The summed E-state index contributed by atoms with van der Waals surface area (Å²) in [5.74, 6) is 1.43. The molecule has 0 aromatic heterocycles. The molecule has 7 heteroatoms. The minimum absolute atomic E-state index is 0.0782. The summed E-state index contributed by atoms with van der Waals surface area (Å²) in [4.78, 5) is 10.5. The van der Waals surface area contributed by atoms with Gasteiger partial charge >= 0.3 is 5.69 Å². The van der Waals surface area contributed by atoms with Crippen molar-refractivity contribution in [2.45, 2.75) is 6.61 Å². The number of para-hydroxylation sites is 2. The molecule has 6 nitrogen and oxygen atoms in total. The van der Waals surface area contributed by atoms with E-state index in [1.54, 1.807) is 44.6 Å². The monoisotopic (exact) mass is 367 g/mol. The highest BCUT2D eigenvalue weighted by Crippen LogP contribution is 2.34. The van der Waals surface area contributed by atoms with Gasteiger partial charge in [-0.1, -0.05) is 12.1 Å². The van der Waals surface area contributed by atoms with E-state index in [2.05, 4.69) is 15.9 Å². The fourth-order valence-electron chi connectivity index (χ4n) is 1.92. The second kappa shape index (κ2) is 7.13. The molecule has 0 radical (unpaired) electrons. The molecule has 0 saturated heterocycles. The SMILES string of the molecule is COc1cc(COc2ccccc2[N+](=O)[O-])c(OC)cc1Br. The van der Waals surface area contributed by atoms with Crippen LogP contribution in [-0.2, 0) is 6.61 Å². The largest absolute Gasteiger partial charge is 0.496 e. The van der Waals surface area contributed by atoms with Crippen molar-refractivity contribution < 1.29 is 19.1 Å². The van der Waals surface area contributed by atoms with E-state index in [0.29, 0.717) is 11.5 Å². The number of methoxy groups -OCH3 is 2. The van der Waals surface area contributed by atoms with E-state index in [1.165, 1.54) is 6.07 Å². The average Bonchev–Trinajstić information content (AvgIpc) is 2.53. The molecule has 0 aliphatic carbocycles. The molecule has 2 aromatic carbocycles. The summed E-state index contributed by atoms with van der Waals surface area (Å²) in [6.45, 7) is 0.123. The van der Waals surface area contributed by atoms with E-state index in [0.717, 1.165) is 10.0 Å². The molecule has 0 amide bonds. The summed E-state index contributed by atoms with van der Waals surface area (Å²) in [6, 6.07) is 9.75. The second-order valence-electron chi connectivity index (χ2n) is 4.31. The number of nitro benzene ring substituents is 1. The van der Waals surface area contributed by atoms with E-state index < -0.39 is 4.92 Å². The Hall–Kier alpha value is -2.28. The van der Waals surface area contributed by atoms with Crippen molar-refractivity contribution in [3.05, 3.63) is 56.5 Å². The maximum atomic E-state index is 11.0. The zero-order chi connectivity index (χ0) is 16.1. The summed E-state index contributed by atoms with van der Waals surface area (Å²) in [6.07, 6.45) is 0. The lowest BCUT2D eigenvalue weighted by Gasteiger charge is -2.13. The Kier molecular flexibility index (Phi) is 5.21. The van der Waals surface area contributed by atoms with Gasteiger partial charge in [0.25, 0.3) is 0 Å². The van der Waals surface area contributed by atoms with Gasteiger partial charge in [0, 0.05) is 11.6 Å². The zero-order valence-corrected chi connectivity index (χ0v) is 13.6. The van der Waals surface area contributed by atoms with Crippen LogP contribution in [-0.4, -0.2) is 19.1 Å². The Bertz CT molecular complexity index is 690. The molecule has 0 N–H and O–H groups in total. The quantitative estimate of drug-likeness (QED) is 0.570. The standard InChI is InChI=1S/C15H14BrNO5/c1-20-14-8-11(16)15(21-2)7-10(14)9-22-13-6-4-3-5-12(13)17(18)19/h3-8H,9H2,1-2H3. The lowest BCUT2D eigenvalue weighted by Crippen LogP contribution is -2.02. The third-order valence-corrected chi connectivity index (χ3v) is 3.62. The number of ether oxygens (including phenoxy) is 3. The van der Waals surface area contributed by atoms with Crippen LogP contribution in [0.25, 0.3) is 0 Å². The van der Waals surface area contributed by atoms with Crippen LogP contribution in [0.5, 0.6) is 17.2 Å². The molecule has 2 rings (SSSR count). The summed E-state index contributed by atoms with van der Waals surface area (Å²) in [5, 5.41) is 11.0. The van der Waals surface area contributed by atoms with Crippen LogP contribution in [0.1, 0.15) is 5.56 Å². The molecule has 2 aromatic rings. The fraction of sp³-hybridized carbons (Fsp3) is 0.200. The molecule has 0 bridgehead atoms. The topological polar surface area (TPSA) is 70.8 Å². The maximum Gasteiger partial charge on any atom is 0.310 e. The molecular formula is C15H14BrNO5. The number of nitro groups is 1. The Morgan fingerprint density at radius 1 is 1.09 bits per heavy atom. The molecule has 0 saturated carbocycles. The molecule has 0 atom stereocenters. The molecule has 0 aliphatic rings. The van der Waals surface area contributed by atoms with Crippen LogP contribution in [0, 0.1) is 10.1 Å². The van der Waals surface area contributed by atoms with Crippen molar-refractivity contribution in [2.75, 3.05) is 14.2 Å². The molecule has 0 aliphatic heterocycles. The third-order valence-electron chi connectivity index (χ3n) is 3.00. The van der Waals surface area contributed by atoms with E-state index in [-0.39, 0.29) is 18.0 Å². The van der Waals surface area contributed by atoms with Crippen molar-refractivity contribution in [2.24, 2.45) is 0 Å². The highest BCUT2D eigenvalue weighted by Gasteiger charge is 2.15. The number of hydrogen-bond donors (Lipinski definition) is 0. The first kappa shape index (κ1) is 16.1. The van der Waals surface area contributed by atoms with E-state index >= 15 is 0 Å². The number of benzene rings is 2. The van der Waals surface area contributed by atoms with Gasteiger partial charge in [0.1, 0.15) is 18.1 Å². The summed E-state index contributed by atoms with van der Waals surface area (Å²) < 4.78 is 16.9. The Balaban J connectivity index is 2.27. The highest BCUT2D eigenvalue weighted by molar-refractivity contribution is 9.10. The normalized spacial score (nSPS) is 10.1. The van der Waals surface area contributed by atoms with Gasteiger partial charge in [-0.3, -0.25) is 10.1 Å². The lowest BCUT2D eigenvalue weighted by molar-refractivity contribution is -0.385. The van der Waals surface area contributed by atoms with Crippen LogP contribution in [0.3, 0.4) is 0 Å². The van der Waals surface area contributed by atoms with Gasteiger partial charge in [-0.25, -0.2) is 0 Å². The number of nitrogens with zero attached hydrogens (tertiary/aromatic N) is 1. The van der Waals surface area contributed by atoms with Gasteiger partial charge in [0.2, 0.25) is 0 Å². The van der Waals surface area contributed by atoms with Gasteiger partial charge in [0.15, 0.2) is 5.75 Å². The Morgan fingerprint density at radius 2 is 1.77 bits per heavy atom. The molecule has 116 valence electrons. The van der Waals surface area contributed by atoms with Crippen LogP contribution in [0.4, 0.5) is 5.69 Å². The second-order valence-corrected chi connectivity index (χ2v) is 5.17. The third kappa shape index (κ3) is 3.48. The maximum absolute atomic E-state index is 11.0. The number of rotatable bonds is 6. The van der Waals surface area contributed by atoms with Gasteiger partial charge in [-0.2, -0.15) is 0 Å². The molecular weight excluding hydrogens is 354 g/mol. The van der Waals surface area contributed by atoms with Crippen LogP contribution in [0.15, 0.2) is 40.9 Å². The molecule has 0 unspecified atom stereocenters. The van der Waals surface area contributed by atoms with Gasteiger partial charge in [-0.15, -0.1) is 0 Å². The predicted octanol–water partition coefficient (Wildman–Crippen LogP) is 3.95. The fourth-order valence-corrected chi connectivity index (χ4v) is 2.41. The van der Waals surface area contributed by atoms with Gasteiger partial charge in [0.05, 0.1) is 23.6 Å². The minimum atomic E-state index is -0.477. The summed E-state index contributed by atoms with van der Waals surface area (Å²) in [5.41, 5.74) is 0.645. The van der Waals surface area contributed by atoms with E-state index in [4.69, 9.17) is 14.2 Å². The lowest BCUT2D eigenvalue weighted by atomic mass is 10.2. The summed E-state index contributed by atoms with van der Waals surface area (Å²) >= 11 is 3.37. The number of hydrogen-bond acceptors (Lipinski definition) is 5. The first-order valence-corrected chi connectivity index (χ1v) is 7.12. The van der Waals surface area contributed by atoms with Crippen LogP contribution >= 0.6 is 15.9 Å². The summed E-state index contributed by atoms with van der Waals surface area (Å²) in [7, 11) is 3.10. The van der Waals surface area contributed by atoms with Crippen molar-refractivity contribution >= 4 is 21.6 Å². The first-order chi connectivity index (χ1) is 10.6. The molecule has 22 heavy (non-hydrogen) atoms. The zero-order valence-electron chi connectivity index (χ0n) is 12.0. The van der Waals surface area contributed by atoms with Gasteiger partial charge < -0.3 is 14.2 Å².